The normalized spacial score (nSPS) is 15.1. The maximum atomic E-state index is 13.9. The number of aliphatic carboxylic acids is 1. The molecule has 0 bridgehead atoms. The number of likely N-dealkylation sites (tertiary alicyclic amines) is 1. The van der Waals surface area contributed by atoms with Crippen molar-refractivity contribution in [1.29, 1.82) is 0 Å². The van der Waals surface area contributed by atoms with E-state index in [0.717, 1.165) is 49.7 Å². The molecule has 1 atom stereocenters. The fourth-order valence-corrected chi connectivity index (χ4v) is 6.18. The summed E-state index contributed by atoms with van der Waals surface area (Å²) in [6, 6.07) is 12.8. The maximum Gasteiger partial charge on any atom is 0.326 e. The lowest BCUT2D eigenvalue weighted by atomic mass is 10.00. The molecular weight excluding hydrogens is 538 g/mol. The van der Waals surface area contributed by atoms with Crippen LogP contribution in [0.25, 0.3) is 5.52 Å². The number of hydrogen-bond donors (Lipinski definition) is 1. The average Bonchev–Trinajstić information content (AvgIpc) is 3.65. The van der Waals surface area contributed by atoms with E-state index < -0.39 is 12.0 Å². The lowest BCUT2D eigenvalue weighted by Gasteiger charge is -2.21. The van der Waals surface area contributed by atoms with Crippen molar-refractivity contribution in [2.24, 2.45) is 0 Å². The predicted octanol–water partition coefficient (Wildman–Crippen LogP) is 7.04. The summed E-state index contributed by atoms with van der Waals surface area (Å²) >= 11 is 0. The van der Waals surface area contributed by atoms with Gasteiger partial charge in [0, 0.05) is 29.4 Å². The summed E-state index contributed by atoms with van der Waals surface area (Å²) in [5, 5.41) is 9.54. The van der Waals surface area contributed by atoms with Crippen molar-refractivity contribution in [3.63, 3.8) is 0 Å². The summed E-state index contributed by atoms with van der Waals surface area (Å²) in [5.74, 6) is -1.25. The standard InChI is InChI=1S/C36H49N3O4/c1-4-7-13-29-25-31-26-30(35(41)39-23-11-14-32(39)36(42)43)19-24-38(31)33(29)34(40)28-17-15-27(16-18-28)12-10-22-37(20-8-5-2)21-9-6-3/h15-19,24-26,32H,4-14,20-23H2,1-3H3,(H,42,43)/t32-/m1/s1. The van der Waals surface area contributed by atoms with Crippen LogP contribution in [0, 0.1) is 0 Å². The molecular formula is C36H49N3O4. The van der Waals surface area contributed by atoms with Gasteiger partial charge >= 0.3 is 5.97 Å². The highest BCUT2D eigenvalue weighted by molar-refractivity contribution is 6.10. The average molecular weight is 588 g/mol. The van der Waals surface area contributed by atoms with E-state index in [1.54, 1.807) is 18.3 Å². The number of benzene rings is 1. The van der Waals surface area contributed by atoms with Crippen LogP contribution in [0.2, 0.25) is 0 Å². The molecule has 0 spiro atoms. The van der Waals surface area contributed by atoms with Gasteiger partial charge in [0.25, 0.3) is 5.91 Å². The van der Waals surface area contributed by atoms with Gasteiger partial charge in [-0.1, -0.05) is 64.3 Å². The molecule has 43 heavy (non-hydrogen) atoms. The van der Waals surface area contributed by atoms with Gasteiger partial charge in [0.1, 0.15) is 6.04 Å². The number of carbonyl (C=O) groups excluding carboxylic acids is 2. The van der Waals surface area contributed by atoms with E-state index in [2.05, 4.69) is 37.8 Å². The Morgan fingerprint density at radius 3 is 2.16 bits per heavy atom. The molecule has 1 amide bonds. The van der Waals surface area contributed by atoms with Crippen molar-refractivity contribution in [3.8, 4) is 0 Å². The van der Waals surface area contributed by atoms with Crippen LogP contribution in [-0.2, 0) is 17.6 Å². The van der Waals surface area contributed by atoms with Gasteiger partial charge in [-0.05, 0) is 100 Å². The minimum Gasteiger partial charge on any atom is -0.480 e. The number of carbonyl (C=O) groups is 3. The molecule has 1 aromatic carbocycles. The topological polar surface area (TPSA) is 82.3 Å². The molecule has 0 radical (unpaired) electrons. The predicted molar refractivity (Wildman–Crippen MR) is 172 cm³/mol. The number of fused-ring (bicyclic) bond motifs is 1. The Balaban J connectivity index is 1.50. The minimum atomic E-state index is -0.962. The molecule has 0 aliphatic carbocycles. The van der Waals surface area contributed by atoms with Gasteiger partial charge in [0.15, 0.2) is 0 Å². The zero-order valence-corrected chi connectivity index (χ0v) is 26.3. The van der Waals surface area contributed by atoms with Crippen molar-refractivity contribution in [2.75, 3.05) is 26.2 Å². The van der Waals surface area contributed by atoms with E-state index in [0.29, 0.717) is 36.2 Å². The van der Waals surface area contributed by atoms with E-state index in [1.807, 2.05) is 22.6 Å². The first-order chi connectivity index (χ1) is 20.9. The lowest BCUT2D eigenvalue weighted by Crippen LogP contribution is -2.40. The molecule has 7 nitrogen and oxygen atoms in total. The molecule has 1 aliphatic heterocycles. The van der Waals surface area contributed by atoms with Crippen LogP contribution in [0.3, 0.4) is 0 Å². The third-order valence-corrected chi connectivity index (χ3v) is 8.72. The van der Waals surface area contributed by atoms with E-state index in [9.17, 15) is 19.5 Å². The van der Waals surface area contributed by atoms with Crippen molar-refractivity contribution in [1.82, 2.24) is 14.2 Å². The molecule has 232 valence electrons. The third kappa shape index (κ3) is 8.14. The second-order valence-corrected chi connectivity index (χ2v) is 12.0. The molecule has 7 heteroatoms. The van der Waals surface area contributed by atoms with Gasteiger partial charge in [-0.25, -0.2) is 4.79 Å². The molecule has 2 aromatic heterocycles. The molecule has 1 aliphatic rings. The number of hydrogen-bond acceptors (Lipinski definition) is 4. The van der Waals surface area contributed by atoms with Crippen molar-refractivity contribution < 1.29 is 19.5 Å². The summed E-state index contributed by atoms with van der Waals surface area (Å²) in [6.45, 7) is 10.5. The Morgan fingerprint density at radius 2 is 1.51 bits per heavy atom. The molecule has 0 saturated carbocycles. The monoisotopic (exact) mass is 587 g/mol. The van der Waals surface area contributed by atoms with Crippen LogP contribution < -0.4 is 0 Å². The smallest absolute Gasteiger partial charge is 0.326 e. The number of nitrogens with zero attached hydrogens (tertiary/aromatic N) is 3. The molecule has 4 rings (SSSR count). The lowest BCUT2D eigenvalue weighted by molar-refractivity contribution is -0.141. The highest BCUT2D eigenvalue weighted by Crippen LogP contribution is 2.26. The van der Waals surface area contributed by atoms with Crippen LogP contribution in [0.1, 0.15) is 116 Å². The number of aromatic nitrogens is 1. The quantitative estimate of drug-likeness (QED) is 0.171. The largest absolute Gasteiger partial charge is 0.480 e. The number of carboxylic acids is 1. The van der Waals surface area contributed by atoms with Crippen LogP contribution in [-0.4, -0.2) is 69.2 Å². The molecule has 1 saturated heterocycles. The van der Waals surface area contributed by atoms with Gasteiger partial charge in [-0.15, -0.1) is 0 Å². The van der Waals surface area contributed by atoms with E-state index >= 15 is 0 Å². The highest BCUT2D eigenvalue weighted by Gasteiger charge is 2.34. The van der Waals surface area contributed by atoms with Gasteiger partial charge in [0.2, 0.25) is 5.78 Å². The summed E-state index contributed by atoms with van der Waals surface area (Å²) in [6.07, 6.45) is 12.7. The summed E-state index contributed by atoms with van der Waals surface area (Å²) < 4.78 is 1.89. The highest BCUT2D eigenvalue weighted by atomic mass is 16.4. The first-order valence-corrected chi connectivity index (χ1v) is 16.4. The number of aryl methyl sites for hydroxylation is 2. The van der Waals surface area contributed by atoms with Crippen LogP contribution >= 0.6 is 0 Å². The van der Waals surface area contributed by atoms with Crippen LogP contribution in [0.4, 0.5) is 0 Å². The molecule has 3 aromatic rings. The first kappa shape index (κ1) is 32.5. The van der Waals surface area contributed by atoms with Gasteiger partial charge in [0.05, 0.1) is 5.69 Å². The van der Waals surface area contributed by atoms with E-state index in [1.165, 1.54) is 49.2 Å². The Labute approximate surface area is 256 Å². The second kappa shape index (κ2) is 15.9. The van der Waals surface area contributed by atoms with Crippen LogP contribution in [0.5, 0.6) is 0 Å². The van der Waals surface area contributed by atoms with Crippen molar-refractivity contribution >= 4 is 23.2 Å². The zero-order chi connectivity index (χ0) is 30.8. The molecule has 3 heterocycles. The molecule has 1 N–H and O–H groups in total. The van der Waals surface area contributed by atoms with E-state index in [-0.39, 0.29) is 11.7 Å². The fourth-order valence-electron chi connectivity index (χ4n) is 6.18. The second-order valence-electron chi connectivity index (χ2n) is 12.0. The Kier molecular flexibility index (Phi) is 12.0. The zero-order valence-electron chi connectivity index (χ0n) is 26.3. The number of rotatable bonds is 17. The SMILES string of the molecule is CCCCc1cc2cc(C(=O)N3CCC[C@@H]3C(=O)O)ccn2c1C(=O)c1ccc(CCCN(CCCC)CCCC)cc1. The number of ketones is 1. The first-order valence-electron chi connectivity index (χ1n) is 16.4. The minimum absolute atomic E-state index is 0.0208. The van der Waals surface area contributed by atoms with E-state index in [4.69, 9.17) is 0 Å². The van der Waals surface area contributed by atoms with Gasteiger partial charge in [-0.2, -0.15) is 0 Å². The molecule has 0 unspecified atom stereocenters. The number of unbranched alkanes of at least 4 members (excludes halogenated alkanes) is 3. The van der Waals surface area contributed by atoms with Crippen molar-refractivity contribution in [2.45, 2.75) is 97.4 Å². The summed E-state index contributed by atoms with van der Waals surface area (Å²) in [7, 11) is 0. The number of pyridine rings is 1. The van der Waals surface area contributed by atoms with Gasteiger partial charge in [-0.3, -0.25) is 9.59 Å². The third-order valence-electron chi connectivity index (χ3n) is 8.72. The van der Waals surface area contributed by atoms with Gasteiger partial charge < -0.3 is 19.3 Å². The molecule has 1 fully saturated rings. The Bertz CT molecular complexity index is 1370. The number of carboxylic acid groups (broad SMARTS) is 1. The Morgan fingerprint density at radius 1 is 0.837 bits per heavy atom. The number of amides is 1. The fraction of sp³-hybridized carbons (Fsp3) is 0.528. The van der Waals surface area contributed by atoms with Crippen molar-refractivity contribution in [3.05, 3.63) is 76.6 Å². The summed E-state index contributed by atoms with van der Waals surface area (Å²) in [5.41, 5.74) is 4.76. The van der Waals surface area contributed by atoms with Crippen LogP contribution in [0.15, 0.2) is 48.7 Å². The maximum absolute atomic E-state index is 13.9. The summed E-state index contributed by atoms with van der Waals surface area (Å²) in [4.78, 5) is 42.8. The Hall–Kier alpha value is -3.45.